The van der Waals surface area contributed by atoms with E-state index >= 15 is 0 Å². The lowest BCUT2D eigenvalue weighted by molar-refractivity contribution is 0.0999. The summed E-state index contributed by atoms with van der Waals surface area (Å²) >= 11 is 1.51. The molecule has 1 unspecified atom stereocenters. The van der Waals surface area contributed by atoms with E-state index in [9.17, 15) is 9.59 Å². The lowest BCUT2D eigenvalue weighted by Gasteiger charge is -2.36. The van der Waals surface area contributed by atoms with Gasteiger partial charge in [-0.05, 0) is 59.4 Å². The molecule has 5 heteroatoms. The van der Waals surface area contributed by atoms with Gasteiger partial charge >= 0.3 is 0 Å². The first-order chi connectivity index (χ1) is 15.3. The SMILES string of the molecule is CCC(C)(C)C1CCc2c(sc(NC(=O)c3ccc(-c4ccccc4)cc3)c2C(N)=O)C1. The Hall–Kier alpha value is -2.92. The number of nitrogens with one attached hydrogen (secondary N) is 1. The molecule has 3 N–H and O–H groups in total. The van der Waals surface area contributed by atoms with Crippen molar-refractivity contribution in [2.75, 3.05) is 5.32 Å². The first-order valence-corrected chi connectivity index (χ1v) is 12.0. The molecule has 3 aromatic rings. The Morgan fingerprint density at radius 1 is 1.06 bits per heavy atom. The summed E-state index contributed by atoms with van der Waals surface area (Å²) in [5.41, 5.74) is 10.2. The molecule has 1 heterocycles. The first-order valence-electron chi connectivity index (χ1n) is 11.2. The fourth-order valence-electron chi connectivity index (χ4n) is 4.51. The summed E-state index contributed by atoms with van der Waals surface area (Å²) in [4.78, 5) is 26.4. The predicted octanol–water partition coefficient (Wildman–Crippen LogP) is 6.31. The molecule has 166 valence electrons. The molecule has 1 atom stereocenters. The molecule has 2 aromatic carbocycles. The van der Waals surface area contributed by atoms with Crippen LogP contribution in [0.5, 0.6) is 0 Å². The van der Waals surface area contributed by atoms with Gasteiger partial charge < -0.3 is 11.1 Å². The zero-order chi connectivity index (χ0) is 22.9. The molecular formula is C27H30N2O2S. The molecule has 2 amide bonds. The van der Waals surface area contributed by atoms with E-state index in [1.807, 2.05) is 54.6 Å². The second kappa shape index (κ2) is 8.91. The highest BCUT2D eigenvalue weighted by Crippen LogP contribution is 2.45. The van der Waals surface area contributed by atoms with E-state index in [0.29, 0.717) is 22.0 Å². The van der Waals surface area contributed by atoms with Gasteiger partial charge in [0.25, 0.3) is 11.8 Å². The van der Waals surface area contributed by atoms with Crippen LogP contribution in [0.2, 0.25) is 0 Å². The topological polar surface area (TPSA) is 72.2 Å². The normalized spacial score (nSPS) is 15.8. The monoisotopic (exact) mass is 446 g/mol. The second-order valence-corrected chi connectivity index (χ2v) is 10.4. The van der Waals surface area contributed by atoms with Crippen LogP contribution >= 0.6 is 11.3 Å². The van der Waals surface area contributed by atoms with E-state index in [-0.39, 0.29) is 11.3 Å². The van der Waals surface area contributed by atoms with Gasteiger partial charge in [-0.25, -0.2) is 0 Å². The molecule has 0 saturated carbocycles. The number of carbonyl (C=O) groups is 2. The van der Waals surface area contributed by atoms with Gasteiger partial charge in [0, 0.05) is 10.4 Å². The van der Waals surface area contributed by atoms with Crippen molar-refractivity contribution in [3.63, 3.8) is 0 Å². The fraction of sp³-hybridized carbons (Fsp3) is 0.333. The van der Waals surface area contributed by atoms with Crippen LogP contribution in [-0.4, -0.2) is 11.8 Å². The Morgan fingerprint density at radius 3 is 2.34 bits per heavy atom. The molecule has 0 aliphatic heterocycles. The molecular weight excluding hydrogens is 416 g/mol. The van der Waals surface area contributed by atoms with Crippen LogP contribution < -0.4 is 11.1 Å². The maximum atomic E-state index is 13.0. The van der Waals surface area contributed by atoms with Crippen molar-refractivity contribution in [2.24, 2.45) is 17.1 Å². The van der Waals surface area contributed by atoms with Crippen LogP contribution in [0.1, 0.15) is 64.8 Å². The number of anilines is 1. The molecule has 0 fully saturated rings. The molecule has 0 spiro atoms. The largest absolute Gasteiger partial charge is 0.365 e. The number of rotatable bonds is 6. The Morgan fingerprint density at radius 2 is 1.72 bits per heavy atom. The molecule has 1 aliphatic carbocycles. The fourth-order valence-corrected chi connectivity index (χ4v) is 5.84. The minimum Gasteiger partial charge on any atom is -0.365 e. The summed E-state index contributed by atoms with van der Waals surface area (Å²) < 4.78 is 0. The highest BCUT2D eigenvalue weighted by atomic mass is 32.1. The maximum Gasteiger partial charge on any atom is 0.256 e. The van der Waals surface area contributed by atoms with Crippen LogP contribution in [0.4, 0.5) is 5.00 Å². The molecule has 1 aromatic heterocycles. The van der Waals surface area contributed by atoms with Gasteiger partial charge in [0.15, 0.2) is 0 Å². The number of hydrogen-bond donors (Lipinski definition) is 2. The summed E-state index contributed by atoms with van der Waals surface area (Å²) in [5.74, 6) is -0.130. The van der Waals surface area contributed by atoms with Gasteiger partial charge in [-0.3, -0.25) is 9.59 Å². The quantitative estimate of drug-likeness (QED) is 0.466. The third-order valence-electron chi connectivity index (χ3n) is 7.01. The molecule has 0 bridgehead atoms. The zero-order valence-corrected chi connectivity index (χ0v) is 19.7. The summed E-state index contributed by atoms with van der Waals surface area (Å²) in [6.45, 7) is 6.85. The van der Waals surface area contributed by atoms with E-state index < -0.39 is 5.91 Å². The van der Waals surface area contributed by atoms with Gasteiger partial charge in [-0.15, -0.1) is 11.3 Å². The Bertz CT molecular complexity index is 1130. The number of nitrogens with two attached hydrogens (primary N) is 1. The number of fused-ring (bicyclic) bond motifs is 1. The highest BCUT2D eigenvalue weighted by molar-refractivity contribution is 7.17. The molecule has 0 radical (unpaired) electrons. The van der Waals surface area contributed by atoms with E-state index in [1.54, 1.807) is 0 Å². The average Bonchev–Trinajstić information content (AvgIpc) is 3.17. The third kappa shape index (κ3) is 4.35. The maximum absolute atomic E-state index is 13.0. The summed E-state index contributed by atoms with van der Waals surface area (Å²) in [7, 11) is 0. The van der Waals surface area contributed by atoms with Crippen LogP contribution in [0.25, 0.3) is 11.1 Å². The number of benzene rings is 2. The lowest BCUT2D eigenvalue weighted by atomic mass is 9.69. The van der Waals surface area contributed by atoms with E-state index in [0.717, 1.165) is 42.4 Å². The lowest BCUT2D eigenvalue weighted by Crippen LogP contribution is -2.29. The van der Waals surface area contributed by atoms with Crippen LogP contribution in [0.3, 0.4) is 0 Å². The molecule has 4 nitrogen and oxygen atoms in total. The van der Waals surface area contributed by atoms with Crippen molar-refractivity contribution in [1.29, 1.82) is 0 Å². The first kappa shape index (κ1) is 22.3. The number of primary amides is 1. The summed E-state index contributed by atoms with van der Waals surface area (Å²) in [6, 6.07) is 17.6. The molecule has 1 aliphatic rings. The third-order valence-corrected chi connectivity index (χ3v) is 8.18. The number of hydrogen-bond acceptors (Lipinski definition) is 3. The van der Waals surface area contributed by atoms with Crippen molar-refractivity contribution in [2.45, 2.75) is 46.5 Å². The summed E-state index contributed by atoms with van der Waals surface area (Å²) in [5, 5.41) is 3.55. The van der Waals surface area contributed by atoms with Crippen LogP contribution in [0.15, 0.2) is 54.6 Å². The highest BCUT2D eigenvalue weighted by Gasteiger charge is 2.35. The van der Waals surface area contributed by atoms with Gasteiger partial charge in [0.1, 0.15) is 5.00 Å². The Balaban J connectivity index is 1.57. The van der Waals surface area contributed by atoms with Crippen molar-refractivity contribution in [1.82, 2.24) is 0 Å². The van der Waals surface area contributed by atoms with E-state index in [4.69, 9.17) is 5.73 Å². The van der Waals surface area contributed by atoms with Gasteiger partial charge in [0.05, 0.1) is 5.56 Å². The van der Waals surface area contributed by atoms with Crippen LogP contribution in [0, 0.1) is 11.3 Å². The standard InChI is InChI=1S/C27H30N2O2S/c1-4-27(2,3)20-14-15-21-22(16-20)32-26(23(21)24(28)30)29-25(31)19-12-10-18(11-13-19)17-8-6-5-7-9-17/h5-13,20H,4,14-16H2,1-3H3,(H2,28,30)(H,29,31). The van der Waals surface area contributed by atoms with Gasteiger partial charge in [0.2, 0.25) is 0 Å². The van der Waals surface area contributed by atoms with Crippen molar-refractivity contribution in [3.8, 4) is 11.1 Å². The average molecular weight is 447 g/mol. The van der Waals surface area contributed by atoms with Gasteiger partial charge in [-0.1, -0.05) is 69.7 Å². The van der Waals surface area contributed by atoms with Crippen molar-refractivity contribution in [3.05, 3.63) is 76.2 Å². The van der Waals surface area contributed by atoms with Crippen molar-refractivity contribution >= 4 is 28.2 Å². The minimum atomic E-state index is -0.467. The van der Waals surface area contributed by atoms with Crippen molar-refractivity contribution < 1.29 is 9.59 Å². The number of amides is 2. The smallest absolute Gasteiger partial charge is 0.256 e. The molecule has 32 heavy (non-hydrogen) atoms. The molecule has 0 saturated heterocycles. The second-order valence-electron chi connectivity index (χ2n) is 9.25. The predicted molar refractivity (Wildman–Crippen MR) is 132 cm³/mol. The van der Waals surface area contributed by atoms with E-state index in [2.05, 4.69) is 26.1 Å². The van der Waals surface area contributed by atoms with Gasteiger partial charge in [-0.2, -0.15) is 0 Å². The van der Waals surface area contributed by atoms with E-state index in [1.165, 1.54) is 16.2 Å². The number of carbonyl (C=O) groups excluding carboxylic acids is 2. The Labute approximate surface area is 193 Å². The Kier molecular flexibility index (Phi) is 6.20. The zero-order valence-electron chi connectivity index (χ0n) is 18.9. The van der Waals surface area contributed by atoms with Crippen LogP contribution in [-0.2, 0) is 12.8 Å². The minimum absolute atomic E-state index is 0.226. The summed E-state index contributed by atoms with van der Waals surface area (Å²) in [6.07, 6.45) is 3.92. The molecule has 4 rings (SSSR count). The number of thiophene rings is 1.